The summed E-state index contributed by atoms with van der Waals surface area (Å²) in [6.45, 7) is 8.27. The van der Waals surface area contributed by atoms with Crippen LogP contribution >= 0.6 is 11.6 Å². The zero-order valence-corrected chi connectivity index (χ0v) is 24.9. The van der Waals surface area contributed by atoms with Crippen molar-refractivity contribution in [1.82, 2.24) is 20.0 Å². The van der Waals surface area contributed by atoms with Gasteiger partial charge in [0.05, 0.1) is 6.42 Å². The van der Waals surface area contributed by atoms with Gasteiger partial charge in [-0.1, -0.05) is 80.8 Å². The number of hydrogen-bond acceptors (Lipinski definition) is 5. The Morgan fingerprint density at radius 3 is 2.50 bits per heavy atom. The van der Waals surface area contributed by atoms with Gasteiger partial charge in [0.15, 0.2) is 0 Å². The Kier molecular flexibility index (Phi) is 9.27. The van der Waals surface area contributed by atoms with Crippen molar-refractivity contribution in [1.29, 1.82) is 0 Å². The molecule has 1 amide bonds. The van der Waals surface area contributed by atoms with Gasteiger partial charge in [0.2, 0.25) is 17.7 Å². The molecule has 1 saturated carbocycles. The molecule has 2 aliphatic rings. The van der Waals surface area contributed by atoms with E-state index in [4.69, 9.17) is 16.0 Å². The van der Waals surface area contributed by atoms with E-state index in [0.717, 1.165) is 56.2 Å². The van der Waals surface area contributed by atoms with E-state index in [1.165, 1.54) is 24.0 Å². The van der Waals surface area contributed by atoms with Crippen molar-refractivity contribution in [2.75, 3.05) is 33.2 Å². The van der Waals surface area contributed by atoms with Gasteiger partial charge in [0.25, 0.3) is 0 Å². The summed E-state index contributed by atoms with van der Waals surface area (Å²) in [5, 5.41) is 9.47. The molecule has 1 aliphatic carbocycles. The quantitative estimate of drug-likeness (QED) is 0.274. The van der Waals surface area contributed by atoms with Gasteiger partial charge < -0.3 is 14.2 Å². The summed E-state index contributed by atoms with van der Waals surface area (Å²) in [5.41, 5.74) is 2.16. The second-order valence-corrected chi connectivity index (χ2v) is 12.7. The molecule has 1 aromatic heterocycles. The average Bonchev–Trinajstić information content (AvgIpc) is 3.66. The van der Waals surface area contributed by atoms with Crippen LogP contribution in [0.15, 0.2) is 59.0 Å². The van der Waals surface area contributed by atoms with E-state index in [0.29, 0.717) is 36.6 Å². The van der Waals surface area contributed by atoms with Crippen LogP contribution < -0.4 is 0 Å². The number of rotatable bonds is 10. The lowest BCUT2D eigenvalue weighted by Crippen LogP contribution is -2.49. The number of nitrogens with zero attached hydrogens (tertiary/aromatic N) is 4. The first-order valence-electron chi connectivity index (χ1n) is 14.9. The number of amides is 1. The van der Waals surface area contributed by atoms with E-state index in [-0.39, 0.29) is 11.3 Å². The molecule has 1 aliphatic heterocycles. The maximum atomic E-state index is 13.3. The molecule has 2 unspecified atom stereocenters. The van der Waals surface area contributed by atoms with E-state index in [1.54, 1.807) is 0 Å². The van der Waals surface area contributed by atoms with Crippen LogP contribution in [-0.4, -0.2) is 59.1 Å². The lowest BCUT2D eigenvalue weighted by atomic mass is 9.71. The second-order valence-electron chi connectivity index (χ2n) is 12.3. The fourth-order valence-corrected chi connectivity index (χ4v) is 6.85. The van der Waals surface area contributed by atoms with E-state index >= 15 is 0 Å². The van der Waals surface area contributed by atoms with Gasteiger partial charge >= 0.3 is 0 Å². The molecule has 2 atom stereocenters. The summed E-state index contributed by atoms with van der Waals surface area (Å²) < 4.78 is 6.08. The van der Waals surface area contributed by atoms with Crippen LogP contribution in [0, 0.1) is 11.8 Å². The van der Waals surface area contributed by atoms with Crippen LogP contribution in [0.3, 0.4) is 0 Å². The highest BCUT2D eigenvalue weighted by Crippen LogP contribution is 2.37. The van der Waals surface area contributed by atoms with Gasteiger partial charge in [-0.2, -0.15) is 0 Å². The predicted molar refractivity (Wildman–Crippen MR) is 160 cm³/mol. The van der Waals surface area contributed by atoms with Gasteiger partial charge in [-0.05, 0) is 68.0 Å². The normalized spacial score (nSPS) is 19.4. The van der Waals surface area contributed by atoms with Crippen LogP contribution in [0.5, 0.6) is 0 Å². The maximum Gasteiger partial charge on any atom is 0.225 e. The largest absolute Gasteiger partial charge is 0.425 e. The first-order valence-corrected chi connectivity index (χ1v) is 15.3. The summed E-state index contributed by atoms with van der Waals surface area (Å²) in [7, 11) is 1.98. The topological polar surface area (TPSA) is 62.5 Å². The maximum absolute atomic E-state index is 13.3. The Bertz CT molecular complexity index is 1250. The predicted octanol–water partition coefficient (Wildman–Crippen LogP) is 6.74. The molecule has 0 N–H and O–H groups in total. The summed E-state index contributed by atoms with van der Waals surface area (Å²) in [4.78, 5) is 17.8. The van der Waals surface area contributed by atoms with Gasteiger partial charge in [0.1, 0.15) is 0 Å². The molecule has 2 fully saturated rings. The number of carbonyl (C=O) groups is 1. The number of likely N-dealkylation sites (tertiary alicyclic amines) is 1. The summed E-state index contributed by atoms with van der Waals surface area (Å²) >= 11 is 6.46. The Labute approximate surface area is 244 Å². The van der Waals surface area contributed by atoms with Crippen LogP contribution in [0.2, 0.25) is 5.02 Å². The Balaban J connectivity index is 1.22. The first-order chi connectivity index (χ1) is 19.3. The van der Waals surface area contributed by atoms with Gasteiger partial charge in [0, 0.05) is 42.4 Å². The van der Waals surface area contributed by atoms with Gasteiger partial charge in [-0.15, -0.1) is 10.2 Å². The first kappa shape index (κ1) is 28.8. The SMILES string of the molecule is CC(CN1CCC(c2nnc(Cc3ccccc3)o2)CC1)C(C)(CN(C)C(=O)C1CCCC1)c1cccc(Cl)c1. The fourth-order valence-electron chi connectivity index (χ4n) is 6.66. The Morgan fingerprint density at radius 1 is 1.07 bits per heavy atom. The Hall–Kier alpha value is -2.70. The number of benzene rings is 2. The molecule has 6 nitrogen and oxygen atoms in total. The zero-order chi connectivity index (χ0) is 28.1. The molecular weight excluding hydrogens is 520 g/mol. The average molecular weight is 563 g/mol. The zero-order valence-electron chi connectivity index (χ0n) is 24.2. The molecule has 40 heavy (non-hydrogen) atoms. The van der Waals surface area contributed by atoms with Crippen molar-refractivity contribution >= 4 is 17.5 Å². The third-order valence-electron chi connectivity index (χ3n) is 9.37. The van der Waals surface area contributed by atoms with Crippen LogP contribution in [0.1, 0.15) is 81.2 Å². The second kappa shape index (κ2) is 12.9. The molecule has 2 heterocycles. The lowest BCUT2D eigenvalue weighted by Gasteiger charge is -2.43. The highest BCUT2D eigenvalue weighted by molar-refractivity contribution is 6.30. The van der Waals surface area contributed by atoms with E-state index in [2.05, 4.69) is 53.2 Å². The minimum atomic E-state index is -0.219. The van der Waals surface area contributed by atoms with E-state index in [9.17, 15) is 4.79 Å². The molecule has 5 rings (SSSR count). The molecule has 0 radical (unpaired) electrons. The molecule has 0 spiro atoms. The van der Waals surface area contributed by atoms with Crippen LogP contribution in [0.25, 0.3) is 0 Å². The van der Waals surface area contributed by atoms with E-state index < -0.39 is 0 Å². The molecule has 1 saturated heterocycles. The van der Waals surface area contributed by atoms with Crippen molar-refractivity contribution in [3.63, 3.8) is 0 Å². The molecule has 214 valence electrons. The van der Waals surface area contributed by atoms with Crippen molar-refractivity contribution in [2.24, 2.45) is 11.8 Å². The van der Waals surface area contributed by atoms with Crippen molar-refractivity contribution in [3.8, 4) is 0 Å². The third kappa shape index (κ3) is 6.77. The number of halogens is 1. The molecular formula is C33H43ClN4O2. The summed E-state index contributed by atoms with van der Waals surface area (Å²) in [5.74, 6) is 2.56. The van der Waals surface area contributed by atoms with Gasteiger partial charge in [-0.3, -0.25) is 4.79 Å². The van der Waals surface area contributed by atoms with Crippen molar-refractivity contribution < 1.29 is 9.21 Å². The summed E-state index contributed by atoms with van der Waals surface area (Å²) in [6, 6.07) is 18.5. The third-order valence-corrected chi connectivity index (χ3v) is 9.60. The van der Waals surface area contributed by atoms with Crippen LogP contribution in [-0.2, 0) is 16.6 Å². The number of aromatic nitrogens is 2. The van der Waals surface area contributed by atoms with Crippen molar-refractivity contribution in [2.45, 2.75) is 70.1 Å². The lowest BCUT2D eigenvalue weighted by molar-refractivity contribution is -0.135. The highest BCUT2D eigenvalue weighted by atomic mass is 35.5. The monoisotopic (exact) mass is 562 g/mol. The Morgan fingerprint density at radius 2 is 1.80 bits per heavy atom. The fraction of sp³-hybridized carbons (Fsp3) is 0.545. The molecule has 0 bridgehead atoms. The molecule has 2 aromatic carbocycles. The van der Waals surface area contributed by atoms with Gasteiger partial charge in [-0.25, -0.2) is 0 Å². The number of carbonyl (C=O) groups excluding carboxylic acids is 1. The summed E-state index contributed by atoms with van der Waals surface area (Å²) in [6.07, 6.45) is 7.07. The van der Waals surface area contributed by atoms with Crippen LogP contribution in [0.4, 0.5) is 0 Å². The number of piperidine rings is 1. The standard InChI is InChI=1S/C33H43ClN4O2/c1-24(33(2,28-14-9-15-29(34)21-28)23-37(3)32(39)27-12-7-8-13-27)22-38-18-16-26(17-19-38)31-36-35-30(40-31)20-25-10-5-4-6-11-25/h4-6,9-11,14-15,21,24,26-27H,7-8,12-13,16-20,22-23H2,1-3H3. The smallest absolute Gasteiger partial charge is 0.225 e. The number of hydrogen-bond donors (Lipinski definition) is 0. The highest BCUT2D eigenvalue weighted by Gasteiger charge is 2.38. The minimum absolute atomic E-state index is 0.181. The molecule has 7 heteroatoms. The number of likely N-dealkylation sites (N-methyl/N-ethyl adjacent to an activating group) is 1. The molecule has 3 aromatic rings. The van der Waals surface area contributed by atoms with E-state index in [1.807, 2.05) is 42.3 Å². The minimum Gasteiger partial charge on any atom is -0.425 e. The van der Waals surface area contributed by atoms with Crippen molar-refractivity contribution in [3.05, 3.63) is 82.5 Å².